The van der Waals surface area contributed by atoms with Crippen LogP contribution >= 0.6 is 0 Å². The molecule has 0 spiro atoms. The molecule has 0 bridgehead atoms. The molecule has 144 valence electrons. The van der Waals surface area contributed by atoms with Gasteiger partial charge in [0.05, 0.1) is 12.2 Å². The van der Waals surface area contributed by atoms with E-state index < -0.39 is 0 Å². The summed E-state index contributed by atoms with van der Waals surface area (Å²) in [5.41, 5.74) is 4.72. The van der Waals surface area contributed by atoms with E-state index in [2.05, 4.69) is 46.6 Å². The molecule has 0 unspecified atom stereocenters. The highest BCUT2D eigenvalue weighted by Crippen LogP contribution is 2.23. The second-order valence-corrected chi connectivity index (χ2v) is 6.55. The van der Waals surface area contributed by atoms with E-state index >= 15 is 0 Å². The van der Waals surface area contributed by atoms with E-state index in [1.54, 1.807) is 19.1 Å². The number of nitrogens with one attached hydrogen (secondary N) is 2. The smallest absolute Gasteiger partial charge is 0.338 e. The zero-order chi connectivity index (χ0) is 20.1. The van der Waals surface area contributed by atoms with E-state index in [4.69, 9.17) is 4.74 Å². The van der Waals surface area contributed by atoms with Gasteiger partial charge in [-0.15, -0.1) is 0 Å². The Morgan fingerprint density at radius 3 is 2.25 bits per heavy atom. The third-order valence-electron chi connectivity index (χ3n) is 4.15. The van der Waals surface area contributed by atoms with Crippen molar-refractivity contribution < 1.29 is 9.53 Å². The number of carbonyl (C=O) groups excluding carboxylic acids is 1. The number of carbonyl (C=O) groups is 1. The van der Waals surface area contributed by atoms with Crippen molar-refractivity contribution in [3.8, 4) is 0 Å². The van der Waals surface area contributed by atoms with Crippen LogP contribution in [-0.2, 0) is 4.74 Å². The zero-order valence-corrected chi connectivity index (χ0v) is 16.5. The molecule has 2 aromatic carbocycles. The summed E-state index contributed by atoms with van der Waals surface area (Å²) in [4.78, 5) is 20.7. The predicted octanol–water partition coefficient (Wildman–Crippen LogP) is 5.07. The fourth-order valence-corrected chi connectivity index (χ4v) is 2.84. The molecule has 2 N–H and O–H groups in total. The first-order chi connectivity index (χ1) is 13.4. The van der Waals surface area contributed by atoms with E-state index in [0.29, 0.717) is 29.6 Å². The second kappa shape index (κ2) is 8.52. The minimum Gasteiger partial charge on any atom is -0.462 e. The SMILES string of the molecule is CCOC(=O)c1ccc(Nc2cc(Nc3ccc(C)cc3C)nc(C)n2)cc1. The average molecular weight is 376 g/mol. The molecule has 0 radical (unpaired) electrons. The summed E-state index contributed by atoms with van der Waals surface area (Å²) in [5, 5.41) is 6.60. The molecule has 1 aromatic heterocycles. The van der Waals surface area contributed by atoms with Gasteiger partial charge in [-0.25, -0.2) is 14.8 Å². The van der Waals surface area contributed by atoms with Crippen LogP contribution in [0.1, 0.15) is 34.2 Å². The fourth-order valence-electron chi connectivity index (χ4n) is 2.84. The van der Waals surface area contributed by atoms with Gasteiger partial charge in [0.15, 0.2) is 0 Å². The second-order valence-electron chi connectivity index (χ2n) is 6.55. The molecule has 3 aromatic rings. The van der Waals surface area contributed by atoms with Gasteiger partial charge in [-0.2, -0.15) is 0 Å². The maximum Gasteiger partial charge on any atom is 0.338 e. The van der Waals surface area contributed by atoms with Crippen molar-refractivity contribution in [3.05, 3.63) is 71.0 Å². The summed E-state index contributed by atoms with van der Waals surface area (Å²) < 4.78 is 5.00. The molecule has 0 atom stereocenters. The number of nitrogens with zero attached hydrogens (tertiary/aromatic N) is 2. The van der Waals surface area contributed by atoms with Crippen LogP contribution in [-0.4, -0.2) is 22.5 Å². The van der Waals surface area contributed by atoms with Crippen molar-refractivity contribution in [1.29, 1.82) is 0 Å². The minimum absolute atomic E-state index is 0.327. The summed E-state index contributed by atoms with van der Waals surface area (Å²) in [5.74, 6) is 1.71. The molecule has 6 heteroatoms. The van der Waals surface area contributed by atoms with E-state index in [9.17, 15) is 4.79 Å². The van der Waals surface area contributed by atoms with Crippen molar-refractivity contribution in [2.75, 3.05) is 17.2 Å². The van der Waals surface area contributed by atoms with Crippen molar-refractivity contribution in [2.45, 2.75) is 27.7 Å². The van der Waals surface area contributed by atoms with Crippen LogP contribution in [0.2, 0.25) is 0 Å². The molecule has 0 fully saturated rings. The summed E-state index contributed by atoms with van der Waals surface area (Å²) in [6.45, 7) is 8.13. The monoisotopic (exact) mass is 376 g/mol. The zero-order valence-electron chi connectivity index (χ0n) is 16.5. The maximum atomic E-state index is 11.8. The number of hydrogen-bond acceptors (Lipinski definition) is 6. The number of rotatable bonds is 6. The lowest BCUT2D eigenvalue weighted by Crippen LogP contribution is -2.05. The number of aryl methyl sites for hydroxylation is 3. The van der Waals surface area contributed by atoms with Gasteiger partial charge in [0.2, 0.25) is 0 Å². The largest absolute Gasteiger partial charge is 0.462 e. The van der Waals surface area contributed by atoms with Gasteiger partial charge in [0, 0.05) is 17.4 Å². The van der Waals surface area contributed by atoms with E-state index in [-0.39, 0.29) is 5.97 Å². The third kappa shape index (κ3) is 4.85. The molecule has 0 aliphatic rings. The van der Waals surface area contributed by atoms with Crippen molar-refractivity contribution >= 4 is 29.0 Å². The van der Waals surface area contributed by atoms with Crippen LogP contribution in [0.25, 0.3) is 0 Å². The normalized spacial score (nSPS) is 10.4. The van der Waals surface area contributed by atoms with Crippen LogP contribution in [0.5, 0.6) is 0 Å². The maximum absolute atomic E-state index is 11.8. The molecule has 0 aliphatic heterocycles. The van der Waals surface area contributed by atoms with Crippen molar-refractivity contribution in [2.24, 2.45) is 0 Å². The Bertz CT molecular complexity index is 984. The van der Waals surface area contributed by atoms with Crippen LogP contribution < -0.4 is 10.6 Å². The molecule has 0 saturated carbocycles. The Labute approximate surface area is 165 Å². The number of anilines is 4. The Kier molecular flexibility index (Phi) is 5.89. The fraction of sp³-hybridized carbons (Fsp3) is 0.227. The highest BCUT2D eigenvalue weighted by atomic mass is 16.5. The molecule has 3 rings (SSSR count). The molecule has 28 heavy (non-hydrogen) atoms. The first kappa shape index (κ1) is 19.4. The molecule has 0 aliphatic carbocycles. The van der Waals surface area contributed by atoms with Crippen LogP contribution in [0, 0.1) is 20.8 Å². The molecule has 0 amide bonds. The van der Waals surface area contributed by atoms with Gasteiger partial charge in [-0.3, -0.25) is 0 Å². The molecule has 1 heterocycles. The molecule has 6 nitrogen and oxygen atoms in total. The van der Waals surface area contributed by atoms with Crippen molar-refractivity contribution in [3.63, 3.8) is 0 Å². The summed E-state index contributed by atoms with van der Waals surface area (Å²) >= 11 is 0. The van der Waals surface area contributed by atoms with Crippen LogP contribution in [0.15, 0.2) is 48.5 Å². The Balaban J connectivity index is 1.77. The lowest BCUT2D eigenvalue weighted by Gasteiger charge is -2.12. The van der Waals surface area contributed by atoms with Gasteiger partial charge in [0.1, 0.15) is 17.5 Å². The van der Waals surface area contributed by atoms with Gasteiger partial charge in [-0.05, 0) is 63.6 Å². The van der Waals surface area contributed by atoms with E-state index in [0.717, 1.165) is 16.9 Å². The van der Waals surface area contributed by atoms with Crippen LogP contribution in [0.3, 0.4) is 0 Å². The van der Waals surface area contributed by atoms with Gasteiger partial charge >= 0.3 is 5.97 Å². The average Bonchev–Trinajstić information content (AvgIpc) is 2.64. The third-order valence-corrected chi connectivity index (χ3v) is 4.15. The summed E-state index contributed by atoms with van der Waals surface area (Å²) in [7, 11) is 0. The first-order valence-corrected chi connectivity index (χ1v) is 9.19. The highest BCUT2D eigenvalue weighted by Gasteiger charge is 2.08. The van der Waals surface area contributed by atoms with E-state index in [1.165, 1.54) is 5.56 Å². The van der Waals surface area contributed by atoms with Crippen molar-refractivity contribution in [1.82, 2.24) is 9.97 Å². The molecular weight excluding hydrogens is 352 g/mol. The Morgan fingerprint density at radius 1 is 0.929 bits per heavy atom. The lowest BCUT2D eigenvalue weighted by molar-refractivity contribution is 0.0526. The predicted molar refractivity (Wildman–Crippen MR) is 112 cm³/mol. The number of hydrogen-bond donors (Lipinski definition) is 2. The molecule has 0 saturated heterocycles. The van der Waals surface area contributed by atoms with E-state index in [1.807, 2.05) is 31.2 Å². The first-order valence-electron chi connectivity index (χ1n) is 9.19. The quantitative estimate of drug-likeness (QED) is 0.585. The Morgan fingerprint density at radius 2 is 1.61 bits per heavy atom. The van der Waals surface area contributed by atoms with Crippen LogP contribution in [0.4, 0.5) is 23.0 Å². The summed E-state index contributed by atoms with van der Waals surface area (Å²) in [6, 6.07) is 15.2. The number of esters is 1. The summed E-state index contributed by atoms with van der Waals surface area (Å²) in [6.07, 6.45) is 0. The number of benzene rings is 2. The standard InChI is InChI=1S/C22H24N4O2/c1-5-28-22(27)17-7-9-18(10-8-17)25-20-13-21(24-16(4)23-20)26-19-11-6-14(2)12-15(19)3/h6-13H,5H2,1-4H3,(H2,23,24,25,26). The topological polar surface area (TPSA) is 76.1 Å². The number of aromatic nitrogens is 2. The van der Waals surface area contributed by atoms with Gasteiger partial charge < -0.3 is 15.4 Å². The number of ether oxygens (including phenoxy) is 1. The highest BCUT2D eigenvalue weighted by molar-refractivity contribution is 5.89. The lowest BCUT2D eigenvalue weighted by atomic mass is 10.1. The minimum atomic E-state index is -0.327. The van der Waals surface area contributed by atoms with Gasteiger partial charge in [0.25, 0.3) is 0 Å². The molecular formula is C22H24N4O2. The Hall–Kier alpha value is -3.41. The van der Waals surface area contributed by atoms with Gasteiger partial charge in [-0.1, -0.05) is 17.7 Å².